The van der Waals surface area contributed by atoms with E-state index in [1.807, 2.05) is 0 Å². The number of ether oxygens (including phenoxy) is 1. The van der Waals surface area contributed by atoms with E-state index >= 15 is 0 Å². The van der Waals surface area contributed by atoms with Crippen LogP contribution in [-0.2, 0) is 4.74 Å². The van der Waals surface area contributed by atoms with Crippen molar-refractivity contribution in [3.05, 3.63) is 0 Å². The van der Waals surface area contributed by atoms with Crippen molar-refractivity contribution >= 4 is 0 Å². The average Bonchev–Trinajstić information content (AvgIpc) is 2.31. The van der Waals surface area contributed by atoms with Gasteiger partial charge in [0.2, 0.25) is 0 Å². The van der Waals surface area contributed by atoms with Crippen molar-refractivity contribution in [1.29, 1.82) is 0 Å². The maximum Gasteiger partial charge on any atom is 0.0703 e. The first-order chi connectivity index (χ1) is 7.40. The number of piperidine rings is 1. The summed E-state index contributed by atoms with van der Waals surface area (Å²) in [5, 5.41) is 3.43. The SMILES string of the molecule is CCC1CCCCC1O[C@H]1CCCNC1. The van der Waals surface area contributed by atoms with Crippen LogP contribution >= 0.6 is 0 Å². The van der Waals surface area contributed by atoms with Gasteiger partial charge in [-0.25, -0.2) is 0 Å². The molecule has 3 atom stereocenters. The molecule has 0 aromatic carbocycles. The lowest BCUT2D eigenvalue weighted by Gasteiger charge is -2.35. The third kappa shape index (κ3) is 3.18. The highest BCUT2D eigenvalue weighted by atomic mass is 16.5. The topological polar surface area (TPSA) is 21.3 Å². The van der Waals surface area contributed by atoms with E-state index in [0.29, 0.717) is 12.2 Å². The Kier molecular flexibility index (Phi) is 4.45. The van der Waals surface area contributed by atoms with Crippen LogP contribution in [0, 0.1) is 5.92 Å². The van der Waals surface area contributed by atoms with Crippen molar-refractivity contribution in [1.82, 2.24) is 5.32 Å². The monoisotopic (exact) mass is 211 g/mol. The van der Waals surface area contributed by atoms with Gasteiger partial charge in [-0.15, -0.1) is 0 Å². The van der Waals surface area contributed by atoms with Gasteiger partial charge in [0.15, 0.2) is 0 Å². The fourth-order valence-corrected chi connectivity index (χ4v) is 3.00. The summed E-state index contributed by atoms with van der Waals surface area (Å²) in [6, 6.07) is 0. The van der Waals surface area contributed by atoms with Crippen molar-refractivity contribution in [3.63, 3.8) is 0 Å². The summed E-state index contributed by atoms with van der Waals surface area (Å²) < 4.78 is 6.27. The first kappa shape index (κ1) is 11.4. The molecule has 1 heterocycles. The van der Waals surface area contributed by atoms with Crippen LogP contribution in [0.4, 0.5) is 0 Å². The number of nitrogens with one attached hydrogen (secondary N) is 1. The largest absolute Gasteiger partial charge is 0.373 e. The molecule has 0 radical (unpaired) electrons. The number of hydrogen-bond acceptors (Lipinski definition) is 2. The molecule has 1 aliphatic heterocycles. The minimum absolute atomic E-state index is 0.496. The van der Waals surface area contributed by atoms with Crippen LogP contribution in [0.1, 0.15) is 51.9 Å². The lowest BCUT2D eigenvalue weighted by molar-refractivity contribution is -0.0676. The molecule has 0 spiro atoms. The molecular weight excluding hydrogens is 186 g/mol. The van der Waals surface area contributed by atoms with Gasteiger partial charge in [0, 0.05) is 6.54 Å². The Labute approximate surface area is 93.8 Å². The third-order valence-corrected chi connectivity index (χ3v) is 3.98. The first-order valence-corrected chi connectivity index (χ1v) is 6.76. The number of rotatable bonds is 3. The Morgan fingerprint density at radius 3 is 2.73 bits per heavy atom. The van der Waals surface area contributed by atoms with E-state index in [1.54, 1.807) is 0 Å². The van der Waals surface area contributed by atoms with E-state index in [2.05, 4.69) is 12.2 Å². The molecule has 2 nitrogen and oxygen atoms in total. The molecule has 1 aliphatic carbocycles. The highest BCUT2D eigenvalue weighted by Crippen LogP contribution is 2.30. The molecule has 2 rings (SSSR count). The predicted molar refractivity (Wildman–Crippen MR) is 63.0 cm³/mol. The van der Waals surface area contributed by atoms with E-state index in [0.717, 1.165) is 12.5 Å². The summed E-state index contributed by atoms with van der Waals surface area (Å²) in [5.74, 6) is 0.834. The smallest absolute Gasteiger partial charge is 0.0703 e. The van der Waals surface area contributed by atoms with Gasteiger partial charge in [0.1, 0.15) is 0 Å². The summed E-state index contributed by atoms with van der Waals surface area (Å²) in [5.41, 5.74) is 0. The van der Waals surface area contributed by atoms with Crippen molar-refractivity contribution < 1.29 is 4.74 Å². The zero-order valence-electron chi connectivity index (χ0n) is 10.0. The minimum atomic E-state index is 0.496. The van der Waals surface area contributed by atoms with Crippen molar-refractivity contribution in [2.75, 3.05) is 13.1 Å². The van der Waals surface area contributed by atoms with Crippen LogP contribution in [0.5, 0.6) is 0 Å². The van der Waals surface area contributed by atoms with E-state index in [-0.39, 0.29) is 0 Å². The summed E-state index contributed by atoms with van der Waals surface area (Å²) in [6.45, 7) is 4.57. The zero-order chi connectivity index (χ0) is 10.5. The lowest BCUT2D eigenvalue weighted by Crippen LogP contribution is -2.40. The van der Waals surface area contributed by atoms with Crippen LogP contribution in [-0.4, -0.2) is 25.3 Å². The second kappa shape index (κ2) is 5.86. The van der Waals surface area contributed by atoms with Gasteiger partial charge in [-0.2, -0.15) is 0 Å². The van der Waals surface area contributed by atoms with Crippen molar-refractivity contribution in [3.8, 4) is 0 Å². The molecule has 0 bridgehead atoms. The van der Waals surface area contributed by atoms with Gasteiger partial charge < -0.3 is 10.1 Å². The van der Waals surface area contributed by atoms with Gasteiger partial charge >= 0.3 is 0 Å². The van der Waals surface area contributed by atoms with E-state index < -0.39 is 0 Å². The van der Waals surface area contributed by atoms with Gasteiger partial charge in [0.25, 0.3) is 0 Å². The molecule has 15 heavy (non-hydrogen) atoms. The van der Waals surface area contributed by atoms with E-state index in [1.165, 1.54) is 51.5 Å². The van der Waals surface area contributed by atoms with Crippen LogP contribution in [0.25, 0.3) is 0 Å². The predicted octanol–water partition coefficient (Wildman–Crippen LogP) is 2.72. The Balaban J connectivity index is 1.79. The standard InChI is InChI=1S/C13H25NO/c1-2-11-6-3-4-8-13(11)15-12-7-5-9-14-10-12/h11-14H,2-10H2,1H3/t11?,12-,13?/m0/s1. The molecule has 0 aromatic heterocycles. The first-order valence-electron chi connectivity index (χ1n) is 6.76. The molecule has 2 unspecified atom stereocenters. The minimum Gasteiger partial charge on any atom is -0.373 e. The van der Waals surface area contributed by atoms with Gasteiger partial charge in [-0.1, -0.05) is 26.2 Å². The molecular formula is C13H25NO. The summed E-state index contributed by atoms with van der Waals surface area (Å²) in [4.78, 5) is 0. The van der Waals surface area contributed by atoms with Crippen LogP contribution < -0.4 is 5.32 Å². The fraction of sp³-hybridized carbons (Fsp3) is 1.00. The van der Waals surface area contributed by atoms with Crippen LogP contribution in [0.15, 0.2) is 0 Å². The summed E-state index contributed by atoms with van der Waals surface area (Å²) in [7, 11) is 0. The van der Waals surface area contributed by atoms with Gasteiger partial charge in [0.05, 0.1) is 12.2 Å². The van der Waals surface area contributed by atoms with Crippen LogP contribution in [0.2, 0.25) is 0 Å². The molecule has 1 saturated carbocycles. The van der Waals surface area contributed by atoms with Crippen molar-refractivity contribution in [2.24, 2.45) is 5.92 Å². The second-order valence-corrected chi connectivity index (χ2v) is 5.10. The molecule has 0 amide bonds. The Morgan fingerprint density at radius 2 is 2.00 bits per heavy atom. The number of hydrogen-bond donors (Lipinski definition) is 1. The Hall–Kier alpha value is -0.0800. The zero-order valence-corrected chi connectivity index (χ0v) is 10.0. The van der Waals surface area contributed by atoms with Crippen LogP contribution in [0.3, 0.4) is 0 Å². The summed E-state index contributed by atoms with van der Waals surface area (Å²) >= 11 is 0. The van der Waals surface area contributed by atoms with Gasteiger partial charge in [-0.3, -0.25) is 0 Å². The van der Waals surface area contributed by atoms with Gasteiger partial charge in [-0.05, 0) is 38.1 Å². The maximum absolute atomic E-state index is 6.27. The highest BCUT2D eigenvalue weighted by Gasteiger charge is 2.27. The molecule has 88 valence electrons. The molecule has 2 aliphatic rings. The van der Waals surface area contributed by atoms with E-state index in [4.69, 9.17) is 4.74 Å². The Morgan fingerprint density at radius 1 is 1.13 bits per heavy atom. The third-order valence-electron chi connectivity index (χ3n) is 3.98. The normalized spacial score (nSPS) is 37.8. The highest BCUT2D eigenvalue weighted by molar-refractivity contribution is 4.78. The second-order valence-electron chi connectivity index (χ2n) is 5.10. The lowest BCUT2D eigenvalue weighted by atomic mass is 9.84. The quantitative estimate of drug-likeness (QED) is 0.775. The molecule has 2 fully saturated rings. The maximum atomic E-state index is 6.27. The van der Waals surface area contributed by atoms with Crippen molar-refractivity contribution in [2.45, 2.75) is 64.1 Å². The van der Waals surface area contributed by atoms with E-state index in [9.17, 15) is 0 Å². The molecule has 1 N–H and O–H groups in total. The Bertz CT molecular complexity index is 177. The fourth-order valence-electron chi connectivity index (χ4n) is 3.00. The average molecular weight is 211 g/mol. The molecule has 2 heteroatoms. The molecule has 0 aromatic rings. The molecule has 1 saturated heterocycles. The summed E-state index contributed by atoms with van der Waals surface area (Å²) in [6.07, 6.45) is 10.4.